The van der Waals surface area contributed by atoms with Crippen molar-refractivity contribution >= 4 is 65.1 Å². The van der Waals surface area contributed by atoms with Crippen molar-refractivity contribution in [1.82, 2.24) is 9.97 Å². The largest absolute Gasteiger partial charge is 0.497 e. The van der Waals surface area contributed by atoms with Crippen molar-refractivity contribution in [2.45, 2.75) is 4.90 Å². The Labute approximate surface area is 176 Å². The number of aromatic nitrogens is 2. The lowest BCUT2D eigenvalue weighted by molar-refractivity contribution is 0.415. The fourth-order valence-corrected chi connectivity index (χ4v) is 6.02. The first-order valence-corrected chi connectivity index (χ1v) is 12.0. The number of hydrogen-bond acceptors (Lipinski definition) is 8. The molecule has 5 rings (SSSR count). The van der Waals surface area contributed by atoms with Crippen molar-refractivity contribution in [1.29, 1.82) is 0 Å². The summed E-state index contributed by atoms with van der Waals surface area (Å²) in [6.45, 7) is 3.86. The lowest BCUT2D eigenvalue weighted by Crippen LogP contribution is -2.46. The van der Waals surface area contributed by atoms with Gasteiger partial charge in [0.05, 0.1) is 27.5 Å². The van der Waals surface area contributed by atoms with Gasteiger partial charge in [0.1, 0.15) is 5.75 Å². The zero-order valence-corrected chi connectivity index (χ0v) is 18.2. The van der Waals surface area contributed by atoms with Crippen LogP contribution in [-0.4, -0.2) is 49.5 Å². The molecule has 1 saturated heterocycles. The number of nitrogens with zero attached hydrogens (tertiary/aromatic N) is 4. The van der Waals surface area contributed by atoms with Gasteiger partial charge in [-0.25, -0.2) is 9.97 Å². The van der Waals surface area contributed by atoms with Crippen molar-refractivity contribution in [3.63, 3.8) is 0 Å². The molecule has 0 saturated carbocycles. The van der Waals surface area contributed by atoms with E-state index in [1.165, 1.54) is 14.3 Å². The molecule has 0 spiro atoms. The van der Waals surface area contributed by atoms with Crippen LogP contribution < -0.4 is 14.5 Å². The Hall–Kier alpha value is -2.03. The summed E-state index contributed by atoms with van der Waals surface area (Å²) in [6, 6.07) is 12.6. The molecule has 2 aromatic heterocycles. The van der Waals surface area contributed by atoms with E-state index < -0.39 is 0 Å². The molecule has 0 amide bonds. The molecule has 4 aromatic rings. The Bertz CT molecular complexity index is 1040. The van der Waals surface area contributed by atoms with E-state index in [1.807, 2.05) is 12.1 Å². The third-order valence-corrected chi connectivity index (χ3v) is 7.87. The average Bonchev–Trinajstić information content (AvgIpc) is 3.36. The molecular formula is C20H20N4OS3. The molecule has 1 aliphatic rings. The van der Waals surface area contributed by atoms with Crippen LogP contribution in [0.25, 0.3) is 20.4 Å². The minimum absolute atomic E-state index is 0.882. The Balaban J connectivity index is 1.32. The molecule has 28 heavy (non-hydrogen) atoms. The summed E-state index contributed by atoms with van der Waals surface area (Å²) in [5, 5.41) is 2.22. The summed E-state index contributed by atoms with van der Waals surface area (Å²) in [6.07, 6.45) is 2.11. The predicted octanol–water partition coefficient (Wildman–Crippen LogP) is 4.96. The number of benzene rings is 2. The zero-order valence-electron chi connectivity index (χ0n) is 15.7. The lowest BCUT2D eigenvalue weighted by Gasteiger charge is -2.34. The molecular weight excluding hydrogens is 408 g/mol. The summed E-state index contributed by atoms with van der Waals surface area (Å²) in [5.41, 5.74) is 2.14. The fraction of sp³-hybridized carbons (Fsp3) is 0.300. The number of methoxy groups -OCH3 is 1. The molecule has 3 heterocycles. The van der Waals surface area contributed by atoms with Crippen molar-refractivity contribution in [3.05, 3.63) is 36.4 Å². The second kappa shape index (κ2) is 7.42. The Morgan fingerprint density at radius 2 is 1.43 bits per heavy atom. The van der Waals surface area contributed by atoms with E-state index in [9.17, 15) is 0 Å². The highest BCUT2D eigenvalue weighted by molar-refractivity contribution is 7.98. The number of anilines is 2. The van der Waals surface area contributed by atoms with E-state index in [0.29, 0.717) is 0 Å². The van der Waals surface area contributed by atoms with Gasteiger partial charge in [-0.2, -0.15) is 0 Å². The van der Waals surface area contributed by atoms with Crippen LogP contribution in [0.1, 0.15) is 0 Å². The Morgan fingerprint density at radius 3 is 2.00 bits per heavy atom. The Morgan fingerprint density at radius 1 is 0.857 bits per heavy atom. The Kier molecular flexibility index (Phi) is 4.78. The fourth-order valence-electron chi connectivity index (χ4n) is 3.40. The van der Waals surface area contributed by atoms with E-state index in [2.05, 4.69) is 40.3 Å². The van der Waals surface area contributed by atoms with Crippen molar-refractivity contribution in [3.8, 4) is 5.75 Å². The van der Waals surface area contributed by atoms with Crippen LogP contribution in [0.4, 0.5) is 10.3 Å². The number of thioether (sulfide) groups is 1. The minimum atomic E-state index is 0.882. The average molecular weight is 429 g/mol. The van der Waals surface area contributed by atoms with Gasteiger partial charge in [-0.1, -0.05) is 22.7 Å². The highest BCUT2D eigenvalue weighted by Crippen LogP contribution is 2.34. The van der Waals surface area contributed by atoms with Gasteiger partial charge in [-0.15, -0.1) is 11.8 Å². The first kappa shape index (κ1) is 18.0. The maximum absolute atomic E-state index is 5.33. The molecule has 144 valence electrons. The van der Waals surface area contributed by atoms with Crippen molar-refractivity contribution in [2.24, 2.45) is 0 Å². The highest BCUT2D eigenvalue weighted by Gasteiger charge is 2.22. The third kappa shape index (κ3) is 3.29. The standard InChI is InChI=1S/C20H20N4OS3/c1-25-13-3-5-15-17(11-13)27-19(21-15)23-7-9-24(10-8-23)20-22-16-6-4-14(26-2)12-18(16)28-20/h3-6,11-12H,7-10H2,1-2H3. The molecule has 0 aliphatic carbocycles. The first-order chi connectivity index (χ1) is 13.7. The second-order valence-electron chi connectivity index (χ2n) is 6.63. The van der Waals surface area contributed by atoms with Crippen LogP contribution in [0.3, 0.4) is 0 Å². The van der Waals surface area contributed by atoms with Crippen molar-refractivity contribution in [2.75, 3.05) is 49.3 Å². The van der Waals surface area contributed by atoms with Crippen LogP contribution in [-0.2, 0) is 0 Å². The predicted molar refractivity (Wildman–Crippen MR) is 122 cm³/mol. The number of fused-ring (bicyclic) bond motifs is 2. The molecule has 0 N–H and O–H groups in total. The third-order valence-electron chi connectivity index (χ3n) is 4.99. The van der Waals surface area contributed by atoms with Crippen LogP contribution >= 0.6 is 34.4 Å². The monoisotopic (exact) mass is 428 g/mol. The normalized spacial score (nSPS) is 14.9. The maximum Gasteiger partial charge on any atom is 0.186 e. The number of ether oxygens (including phenoxy) is 1. The summed E-state index contributed by atoms with van der Waals surface area (Å²) in [5.74, 6) is 0.882. The minimum Gasteiger partial charge on any atom is -0.497 e. The molecule has 5 nitrogen and oxygen atoms in total. The summed E-state index contributed by atoms with van der Waals surface area (Å²) in [7, 11) is 1.70. The van der Waals surface area contributed by atoms with Gasteiger partial charge in [0.25, 0.3) is 0 Å². The van der Waals surface area contributed by atoms with E-state index in [0.717, 1.165) is 53.2 Å². The molecule has 0 atom stereocenters. The highest BCUT2D eigenvalue weighted by atomic mass is 32.2. The van der Waals surface area contributed by atoms with Crippen LogP contribution in [0.5, 0.6) is 5.75 Å². The van der Waals surface area contributed by atoms with E-state index >= 15 is 0 Å². The molecule has 2 aromatic carbocycles. The summed E-state index contributed by atoms with van der Waals surface area (Å²) >= 11 is 5.31. The number of hydrogen-bond donors (Lipinski definition) is 0. The quantitative estimate of drug-likeness (QED) is 0.428. The molecule has 0 unspecified atom stereocenters. The smallest absolute Gasteiger partial charge is 0.186 e. The summed E-state index contributed by atoms with van der Waals surface area (Å²) < 4.78 is 7.77. The van der Waals surface area contributed by atoms with Gasteiger partial charge in [-0.3, -0.25) is 0 Å². The van der Waals surface area contributed by atoms with Gasteiger partial charge in [0.2, 0.25) is 0 Å². The van der Waals surface area contributed by atoms with Crippen molar-refractivity contribution < 1.29 is 4.74 Å². The SMILES string of the molecule is COc1ccc2nc(N3CCN(c4nc5ccc(SC)cc5s4)CC3)sc2c1. The molecule has 1 fully saturated rings. The number of rotatable bonds is 4. The van der Waals surface area contributed by atoms with E-state index in [-0.39, 0.29) is 0 Å². The van der Waals surface area contributed by atoms with Crippen LogP contribution in [0.15, 0.2) is 41.3 Å². The first-order valence-electron chi connectivity index (χ1n) is 9.12. The molecule has 8 heteroatoms. The van der Waals surface area contributed by atoms with Gasteiger partial charge in [0.15, 0.2) is 10.3 Å². The second-order valence-corrected chi connectivity index (χ2v) is 9.53. The molecule has 0 bridgehead atoms. The van der Waals surface area contributed by atoms with Gasteiger partial charge in [-0.05, 0) is 42.7 Å². The van der Waals surface area contributed by atoms with Gasteiger partial charge in [0, 0.05) is 31.1 Å². The van der Waals surface area contributed by atoms with Gasteiger partial charge >= 0.3 is 0 Å². The van der Waals surface area contributed by atoms with Crippen LogP contribution in [0.2, 0.25) is 0 Å². The maximum atomic E-state index is 5.33. The molecule has 1 aliphatic heterocycles. The van der Waals surface area contributed by atoms with E-state index in [4.69, 9.17) is 14.7 Å². The summed E-state index contributed by atoms with van der Waals surface area (Å²) in [4.78, 5) is 15.7. The van der Waals surface area contributed by atoms with E-state index in [1.54, 1.807) is 41.5 Å². The number of piperazine rings is 1. The number of thiazole rings is 2. The zero-order chi connectivity index (χ0) is 19.1. The topological polar surface area (TPSA) is 41.5 Å². The lowest BCUT2D eigenvalue weighted by atomic mass is 10.3. The van der Waals surface area contributed by atoms with Crippen LogP contribution in [0, 0.1) is 0 Å². The molecule has 0 radical (unpaired) electrons. The van der Waals surface area contributed by atoms with Gasteiger partial charge < -0.3 is 14.5 Å².